The van der Waals surface area contributed by atoms with Crippen LogP contribution in [0.25, 0.3) is 5.78 Å². The third-order valence-corrected chi connectivity index (χ3v) is 8.19. The maximum absolute atomic E-state index is 14.9. The molecule has 0 radical (unpaired) electrons. The van der Waals surface area contributed by atoms with E-state index in [1.807, 2.05) is 13.1 Å². The normalized spacial score (nSPS) is 16.0. The molecule has 0 fully saturated rings. The summed E-state index contributed by atoms with van der Waals surface area (Å²) in [5.41, 5.74) is -1.97. The molecule has 39 heavy (non-hydrogen) atoms. The molecule has 2 aromatic heterocycles. The second-order valence-corrected chi connectivity index (χ2v) is 11.1. The Morgan fingerprint density at radius 3 is 2.56 bits per heavy atom. The summed E-state index contributed by atoms with van der Waals surface area (Å²) in [6.07, 6.45) is 6.87. The molecule has 0 saturated carbocycles. The molecule has 10 nitrogen and oxygen atoms in total. The molecule has 208 valence electrons. The molecule has 1 amide bonds. The number of benzene rings is 1. The highest BCUT2D eigenvalue weighted by Gasteiger charge is 2.50. The standard InChI is InChI=1S/C24H25F4N7O3S/c1-2-18-21(34-13-16-5-3-4-6-19(16)32-23(34)31-18)22(36)29-12-15-7-8-20(17(25)11-15)35-10-9-33(14-30-35)39(37,38)24(26,27)28/h7-8,11,13-14H,2-6,9-10,12H2,1H3,(H,29,36). The van der Waals surface area contributed by atoms with Crippen LogP contribution in [0.1, 0.15) is 52.8 Å². The number of carbonyl (C=O) groups excluding carboxylic acids is 1. The highest BCUT2D eigenvalue weighted by molar-refractivity contribution is 7.90. The van der Waals surface area contributed by atoms with Crippen molar-refractivity contribution in [2.75, 3.05) is 18.1 Å². The molecular weight excluding hydrogens is 542 g/mol. The zero-order valence-electron chi connectivity index (χ0n) is 20.9. The summed E-state index contributed by atoms with van der Waals surface area (Å²) in [7, 11) is -5.57. The average molecular weight is 568 g/mol. The number of nitrogens with zero attached hydrogens (tertiary/aromatic N) is 6. The quantitative estimate of drug-likeness (QED) is 0.458. The second kappa shape index (κ2) is 10.1. The minimum absolute atomic E-state index is 0.00562. The second-order valence-electron chi connectivity index (χ2n) is 9.23. The Hall–Kier alpha value is -3.75. The number of rotatable bonds is 6. The van der Waals surface area contributed by atoms with E-state index in [4.69, 9.17) is 0 Å². The molecule has 1 aliphatic carbocycles. The summed E-state index contributed by atoms with van der Waals surface area (Å²) in [6, 6.07) is 4.08. The molecule has 0 atom stereocenters. The first-order valence-electron chi connectivity index (χ1n) is 12.4. The molecule has 3 aromatic rings. The summed E-state index contributed by atoms with van der Waals surface area (Å²) in [6.45, 7) is 1.06. The number of fused-ring (bicyclic) bond motifs is 2. The largest absolute Gasteiger partial charge is 0.516 e. The summed E-state index contributed by atoms with van der Waals surface area (Å²) in [5, 5.41) is 7.53. The molecule has 0 bridgehead atoms. The van der Waals surface area contributed by atoms with Crippen LogP contribution in [0.2, 0.25) is 0 Å². The van der Waals surface area contributed by atoms with Crippen LogP contribution in [0.15, 0.2) is 29.5 Å². The van der Waals surface area contributed by atoms with Crippen molar-refractivity contribution >= 4 is 33.7 Å². The van der Waals surface area contributed by atoms with Crippen LogP contribution in [0.5, 0.6) is 0 Å². The van der Waals surface area contributed by atoms with E-state index in [0.717, 1.165) is 41.9 Å². The molecular formula is C24H25F4N7O3S. The minimum Gasteiger partial charge on any atom is -0.347 e. The number of anilines is 1. The molecule has 2 aliphatic rings. The third-order valence-electron chi connectivity index (χ3n) is 6.71. The Bertz CT molecular complexity index is 1570. The van der Waals surface area contributed by atoms with Gasteiger partial charge < -0.3 is 5.32 Å². The van der Waals surface area contributed by atoms with Gasteiger partial charge in [0.1, 0.15) is 17.8 Å². The van der Waals surface area contributed by atoms with Gasteiger partial charge in [0.2, 0.25) is 5.78 Å². The number of aromatic nitrogens is 3. The molecule has 0 saturated heterocycles. The van der Waals surface area contributed by atoms with E-state index < -0.39 is 27.9 Å². The maximum atomic E-state index is 14.9. The van der Waals surface area contributed by atoms with Crippen molar-refractivity contribution in [3.05, 3.63) is 58.4 Å². The van der Waals surface area contributed by atoms with Gasteiger partial charge >= 0.3 is 15.5 Å². The topological polar surface area (TPSA) is 112 Å². The fourth-order valence-corrected chi connectivity index (χ4v) is 5.43. The average Bonchev–Trinajstić information content (AvgIpc) is 3.27. The van der Waals surface area contributed by atoms with Gasteiger partial charge in [0, 0.05) is 18.4 Å². The number of imidazole rings is 1. The highest BCUT2D eigenvalue weighted by atomic mass is 32.2. The fourth-order valence-electron chi connectivity index (χ4n) is 4.67. The zero-order valence-corrected chi connectivity index (χ0v) is 21.7. The number of halogens is 4. The number of carbonyl (C=O) groups is 1. The van der Waals surface area contributed by atoms with Gasteiger partial charge in [-0.15, -0.1) is 0 Å². The number of nitrogens with one attached hydrogen (secondary N) is 1. The Kier molecular flexibility index (Phi) is 6.95. The van der Waals surface area contributed by atoms with E-state index in [1.54, 1.807) is 10.5 Å². The number of hydrogen-bond donors (Lipinski definition) is 1. The van der Waals surface area contributed by atoms with E-state index in [0.29, 0.717) is 35.5 Å². The van der Waals surface area contributed by atoms with Gasteiger partial charge in [0.15, 0.2) is 0 Å². The third kappa shape index (κ3) is 5.02. The molecule has 0 unspecified atom stereocenters. The van der Waals surface area contributed by atoms with Crippen molar-refractivity contribution in [3.63, 3.8) is 0 Å². The Labute approximate surface area is 221 Å². The number of amides is 1. The predicted octanol–water partition coefficient (Wildman–Crippen LogP) is 3.15. The van der Waals surface area contributed by atoms with Crippen molar-refractivity contribution in [1.29, 1.82) is 0 Å². The van der Waals surface area contributed by atoms with Crippen LogP contribution in [-0.4, -0.2) is 57.9 Å². The molecule has 5 rings (SSSR count). The number of aryl methyl sites for hydroxylation is 3. The molecule has 15 heteroatoms. The molecule has 3 heterocycles. The van der Waals surface area contributed by atoms with Gasteiger partial charge in [-0.1, -0.05) is 13.0 Å². The van der Waals surface area contributed by atoms with E-state index in [9.17, 15) is 30.8 Å². The lowest BCUT2D eigenvalue weighted by molar-refractivity contribution is -0.0471. The summed E-state index contributed by atoms with van der Waals surface area (Å²) in [5.74, 6) is -0.643. The van der Waals surface area contributed by atoms with Gasteiger partial charge in [-0.2, -0.15) is 26.7 Å². The lowest BCUT2D eigenvalue weighted by Gasteiger charge is -2.29. The van der Waals surface area contributed by atoms with Gasteiger partial charge in [-0.25, -0.2) is 18.7 Å². The summed E-state index contributed by atoms with van der Waals surface area (Å²) >= 11 is 0. The van der Waals surface area contributed by atoms with E-state index in [-0.39, 0.29) is 29.0 Å². The Balaban J connectivity index is 1.29. The van der Waals surface area contributed by atoms with Crippen molar-refractivity contribution in [2.24, 2.45) is 5.10 Å². The fraction of sp³-hybridized carbons (Fsp3) is 0.417. The van der Waals surface area contributed by atoms with Crippen LogP contribution in [-0.2, 0) is 35.8 Å². The first-order chi connectivity index (χ1) is 18.5. The van der Waals surface area contributed by atoms with Crippen LogP contribution < -0.4 is 10.3 Å². The maximum Gasteiger partial charge on any atom is 0.516 e. The highest BCUT2D eigenvalue weighted by Crippen LogP contribution is 2.28. The van der Waals surface area contributed by atoms with Crippen molar-refractivity contribution in [1.82, 2.24) is 24.0 Å². The van der Waals surface area contributed by atoms with Crippen LogP contribution in [0.4, 0.5) is 23.2 Å². The van der Waals surface area contributed by atoms with Crippen LogP contribution in [0.3, 0.4) is 0 Å². The minimum atomic E-state index is -5.57. The van der Waals surface area contributed by atoms with Gasteiger partial charge in [-0.05, 0) is 55.4 Å². The molecule has 1 N–H and O–H groups in total. The SMILES string of the molecule is CCc1nc2nc3c(cn2c1C(=O)NCc1ccc(N2CCN(S(=O)(=O)C(F)(F)F)C=N2)c(F)c1)CCCC3. The first-order valence-corrected chi connectivity index (χ1v) is 13.8. The number of hydrazone groups is 1. The first kappa shape index (κ1) is 26.8. The summed E-state index contributed by atoms with van der Waals surface area (Å²) < 4.78 is 78.0. The Morgan fingerprint density at radius 1 is 1.13 bits per heavy atom. The van der Waals surface area contributed by atoms with E-state index >= 15 is 0 Å². The van der Waals surface area contributed by atoms with Gasteiger partial charge in [0.25, 0.3) is 5.91 Å². The lowest BCUT2D eigenvalue weighted by Crippen LogP contribution is -2.46. The van der Waals surface area contributed by atoms with Crippen molar-refractivity contribution in [2.45, 2.75) is 51.1 Å². The van der Waals surface area contributed by atoms with Crippen LogP contribution in [0, 0.1) is 5.82 Å². The molecule has 1 aliphatic heterocycles. The molecule has 1 aromatic carbocycles. The van der Waals surface area contributed by atoms with Crippen molar-refractivity contribution in [3.8, 4) is 0 Å². The summed E-state index contributed by atoms with van der Waals surface area (Å²) in [4.78, 5) is 22.4. The van der Waals surface area contributed by atoms with E-state index in [2.05, 4.69) is 20.4 Å². The predicted molar refractivity (Wildman–Crippen MR) is 134 cm³/mol. The van der Waals surface area contributed by atoms with Gasteiger partial charge in [0.05, 0.1) is 24.5 Å². The number of sulfonamides is 1. The molecule has 0 spiro atoms. The number of alkyl halides is 3. The zero-order chi connectivity index (χ0) is 27.9. The van der Waals surface area contributed by atoms with E-state index in [1.165, 1.54) is 12.1 Å². The van der Waals surface area contributed by atoms with Gasteiger partial charge in [-0.3, -0.25) is 14.2 Å². The Morgan fingerprint density at radius 2 is 1.90 bits per heavy atom. The smallest absolute Gasteiger partial charge is 0.347 e. The van der Waals surface area contributed by atoms with Crippen molar-refractivity contribution < 1.29 is 30.8 Å². The monoisotopic (exact) mass is 567 g/mol. The van der Waals surface area contributed by atoms with Crippen LogP contribution >= 0.6 is 0 Å². The lowest BCUT2D eigenvalue weighted by atomic mass is 9.98. The number of hydrogen-bond acceptors (Lipinski definition) is 7.